The second-order valence-electron chi connectivity index (χ2n) is 10.9. The molecular weight excluding hydrogens is 388 g/mol. The van der Waals surface area contributed by atoms with Crippen molar-refractivity contribution in [2.24, 2.45) is 11.8 Å². The number of hydrogen-bond donors (Lipinski definition) is 3. The van der Waals surface area contributed by atoms with Gasteiger partial charge in [0.15, 0.2) is 0 Å². The van der Waals surface area contributed by atoms with Crippen LogP contribution in [0.5, 0.6) is 5.75 Å². The zero-order valence-electron chi connectivity index (χ0n) is 19.4. The molecule has 0 aliphatic heterocycles. The van der Waals surface area contributed by atoms with Gasteiger partial charge in [-0.3, -0.25) is 0 Å². The molecule has 1 aromatic carbocycles. The van der Waals surface area contributed by atoms with Gasteiger partial charge in [-0.25, -0.2) is 0 Å². The molecule has 0 amide bonds. The molecule has 1 aromatic rings. The van der Waals surface area contributed by atoms with Gasteiger partial charge in [-0.1, -0.05) is 37.3 Å². The summed E-state index contributed by atoms with van der Waals surface area (Å²) in [5, 5.41) is 33.5. The Kier molecular flexibility index (Phi) is 5.65. The average molecular weight is 427 g/mol. The molecule has 0 spiro atoms. The maximum Gasteiger partial charge on any atom is 0.119 e. The first-order chi connectivity index (χ1) is 14.5. The highest BCUT2D eigenvalue weighted by Gasteiger charge is 2.62. The summed E-state index contributed by atoms with van der Waals surface area (Å²) < 4.78 is 5.84. The van der Waals surface area contributed by atoms with Gasteiger partial charge in [0.2, 0.25) is 0 Å². The molecule has 0 saturated heterocycles. The quantitative estimate of drug-likeness (QED) is 0.650. The SMILES string of the molecule is CC[C@@]12C[C@@](C)(O)[C@](O)(C3C=CC=CC3)C[C@H]1CCc1cc(OCC(C)(C)O)ccc12. The topological polar surface area (TPSA) is 69.9 Å². The largest absolute Gasteiger partial charge is 0.491 e. The van der Waals surface area contributed by atoms with Gasteiger partial charge in [0.1, 0.15) is 12.4 Å². The molecule has 5 atom stereocenters. The van der Waals surface area contributed by atoms with Gasteiger partial charge >= 0.3 is 0 Å². The molecular formula is C27H38O4. The van der Waals surface area contributed by atoms with Crippen LogP contribution in [0.25, 0.3) is 0 Å². The summed E-state index contributed by atoms with van der Waals surface area (Å²) in [6.45, 7) is 7.78. The monoisotopic (exact) mass is 426 g/mol. The molecule has 3 aliphatic carbocycles. The molecule has 170 valence electrons. The van der Waals surface area contributed by atoms with Crippen molar-refractivity contribution in [1.29, 1.82) is 0 Å². The predicted molar refractivity (Wildman–Crippen MR) is 123 cm³/mol. The Hall–Kier alpha value is -1.62. The van der Waals surface area contributed by atoms with Crippen LogP contribution in [0.3, 0.4) is 0 Å². The first kappa shape index (κ1) is 22.6. The van der Waals surface area contributed by atoms with Gasteiger partial charge < -0.3 is 20.1 Å². The third-order valence-corrected chi connectivity index (χ3v) is 8.12. The van der Waals surface area contributed by atoms with Crippen molar-refractivity contribution in [3.05, 3.63) is 53.6 Å². The van der Waals surface area contributed by atoms with Gasteiger partial charge in [-0.15, -0.1) is 0 Å². The van der Waals surface area contributed by atoms with Gasteiger partial charge in [0.25, 0.3) is 0 Å². The van der Waals surface area contributed by atoms with Crippen molar-refractivity contribution in [1.82, 2.24) is 0 Å². The van der Waals surface area contributed by atoms with Crippen LogP contribution < -0.4 is 4.74 Å². The van der Waals surface area contributed by atoms with E-state index in [-0.39, 0.29) is 17.9 Å². The van der Waals surface area contributed by atoms with E-state index in [4.69, 9.17) is 4.74 Å². The van der Waals surface area contributed by atoms with Crippen LogP contribution in [0.2, 0.25) is 0 Å². The fourth-order valence-corrected chi connectivity index (χ4v) is 6.43. The van der Waals surface area contributed by atoms with E-state index in [2.05, 4.69) is 31.2 Å². The number of rotatable bonds is 5. The normalized spacial score (nSPS) is 37.3. The van der Waals surface area contributed by atoms with E-state index in [1.54, 1.807) is 13.8 Å². The summed E-state index contributed by atoms with van der Waals surface area (Å²) in [7, 11) is 0. The number of allylic oxidation sites excluding steroid dienone is 3. The highest BCUT2D eigenvalue weighted by atomic mass is 16.5. The van der Waals surface area contributed by atoms with E-state index in [9.17, 15) is 15.3 Å². The number of aliphatic hydroxyl groups is 3. The third kappa shape index (κ3) is 3.88. The number of benzene rings is 1. The first-order valence-electron chi connectivity index (χ1n) is 11.8. The summed E-state index contributed by atoms with van der Waals surface area (Å²) in [5.41, 5.74) is -0.751. The van der Waals surface area contributed by atoms with E-state index < -0.39 is 16.8 Å². The lowest BCUT2D eigenvalue weighted by Crippen LogP contribution is -2.66. The van der Waals surface area contributed by atoms with Crippen molar-refractivity contribution < 1.29 is 20.1 Å². The summed E-state index contributed by atoms with van der Waals surface area (Å²) >= 11 is 0. The zero-order valence-corrected chi connectivity index (χ0v) is 19.4. The van der Waals surface area contributed by atoms with Crippen LogP contribution in [0.4, 0.5) is 0 Å². The molecule has 0 aromatic heterocycles. The number of fused-ring (bicyclic) bond motifs is 3. The van der Waals surface area contributed by atoms with Crippen molar-refractivity contribution in [2.75, 3.05) is 6.61 Å². The van der Waals surface area contributed by atoms with E-state index in [1.807, 2.05) is 25.1 Å². The molecule has 4 heteroatoms. The van der Waals surface area contributed by atoms with Gasteiger partial charge in [-0.05, 0) is 88.5 Å². The Morgan fingerprint density at radius 1 is 1.19 bits per heavy atom. The summed E-state index contributed by atoms with van der Waals surface area (Å²) in [5.74, 6) is 1.06. The van der Waals surface area contributed by atoms with Crippen LogP contribution in [-0.4, -0.2) is 38.7 Å². The maximum absolute atomic E-state index is 11.8. The molecule has 4 rings (SSSR count). The van der Waals surface area contributed by atoms with Crippen molar-refractivity contribution in [3.63, 3.8) is 0 Å². The van der Waals surface area contributed by atoms with Crippen molar-refractivity contribution in [3.8, 4) is 5.75 Å². The molecule has 1 unspecified atom stereocenters. The van der Waals surface area contributed by atoms with Gasteiger partial charge in [-0.2, -0.15) is 0 Å². The summed E-state index contributed by atoms with van der Waals surface area (Å²) in [6.07, 6.45) is 13.0. The van der Waals surface area contributed by atoms with Crippen LogP contribution in [0.15, 0.2) is 42.5 Å². The van der Waals surface area contributed by atoms with E-state index in [0.717, 1.165) is 31.4 Å². The molecule has 4 nitrogen and oxygen atoms in total. The van der Waals surface area contributed by atoms with Crippen LogP contribution in [0.1, 0.15) is 70.9 Å². The van der Waals surface area contributed by atoms with Crippen molar-refractivity contribution in [2.45, 2.75) is 88.4 Å². The minimum Gasteiger partial charge on any atom is -0.491 e. The third-order valence-electron chi connectivity index (χ3n) is 8.12. The molecule has 31 heavy (non-hydrogen) atoms. The van der Waals surface area contributed by atoms with Crippen LogP contribution in [-0.2, 0) is 11.8 Å². The first-order valence-corrected chi connectivity index (χ1v) is 11.8. The summed E-state index contributed by atoms with van der Waals surface area (Å²) in [4.78, 5) is 0. The van der Waals surface area contributed by atoms with Gasteiger partial charge in [0, 0.05) is 11.3 Å². The van der Waals surface area contributed by atoms with Gasteiger partial charge in [0.05, 0.1) is 16.8 Å². The van der Waals surface area contributed by atoms with Crippen molar-refractivity contribution >= 4 is 0 Å². The Morgan fingerprint density at radius 2 is 1.97 bits per heavy atom. The lowest BCUT2D eigenvalue weighted by Gasteiger charge is -2.60. The lowest BCUT2D eigenvalue weighted by atomic mass is 9.47. The standard InChI is InChI=1S/C27H38O4/c1-5-26-17-25(4,29)27(30,20-9-7-6-8-10-20)16-21(26)12-11-19-15-22(13-14-23(19)26)31-18-24(2,3)28/h6-9,13-15,20-21,28-30H,5,10-12,16-18H2,1-4H3/t20?,21-,25-,26-,27-/m1/s1. The lowest BCUT2D eigenvalue weighted by molar-refractivity contribution is -0.216. The fourth-order valence-electron chi connectivity index (χ4n) is 6.43. The molecule has 3 aliphatic rings. The Labute approximate surface area is 186 Å². The Morgan fingerprint density at radius 3 is 2.61 bits per heavy atom. The Bertz CT molecular complexity index is 878. The molecule has 0 radical (unpaired) electrons. The molecule has 3 N–H and O–H groups in total. The van der Waals surface area contributed by atoms with Crippen LogP contribution >= 0.6 is 0 Å². The minimum absolute atomic E-state index is 0.0543. The second-order valence-corrected chi connectivity index (χ2v) is 10.9. The van der Waals surface area contributed by atoms with Crippen LogP contribution in [0, 0.1) is 11.8 Å². The molecule has 0 heterocycles. The molecule has 0 bridgehead atoms. The predicted octanol–water partition coefficient (Wildman–Crippen LogP) is 4.45. The van der Waals surface area contributed by atoms with E-state index >= 15 is 0 Å². The smallest absolute Gasteiger partial charge is 0.119 e. The number of ether oxygens (including phenoxy) is 1. The maximum atomic E-state index is 11.8. The zero-order chi connectivity index (χ0) is 22.5. The minimum atomic E-state index is -1.18. The molecule has 1 saturated carbocycles. The highest BCUT2D eigenvalue weighted by Crippen LogP contribution is 2.59. The molecule has 1 fully saturated rings. The van der Waals surface area contributed by atoms with E-state index in [1.165, 1.54) is 11.1 Å². The number of aryl methyl sites for hydroxylation is 1. The second kappa shape index (κ2) is 7.75. The number of hydrogen-bond acceptors (Lipinski definition) is 4. The van der Waals surface area contributed by atoms with E-state index in [0.29, 0.717) is 18.8 Å². The summed E-state index contributed by atoms with van der Waals surface area (Å²) in [6, 6.07) is 6.27. The average Bonchev–Trinajstić information content (AvgIpc) is 2.73. The highest BCUT2D eigenvalue weighted by molar-refractivity contribution is 5.44. The fraction of sp³-hybridized carbons (Fsp3) is 0.630. The Balaban J connectivity index is 1.66.